The number of phenols is 2. The van der Waals surface area contributed by atoms with Gasteiger partial charge in [-0.15, -0.1) is 0 Å². The predicted molar refractivity (Wildman–Crippen MR) is 82.5 cm³/mol. The minimum atomic E-state index is -0.429. The van der Waals surface area contributed by atoms with Crippen molar-refractivity contribution in [2.24, 2.45) is 0 Å². The molecule has 3 N–H and O–H groups in total. The van der Waals surface area contributed by atoms with Crippen LogP contribution in [0.25, 0.3) is 0 Å². The monoisotopic (exact) mass is 320 g/mol. The van der Waals surface area contributed by atoms with Gasteiger partial charge in [0.2, 0.25) is 5.78 Å². The van der Waals surface area contributed by atoms with Crippen molar-refractivity contribution in [2.75, 3.05) is 20.7 Å². The molecule has 6 heteroatoms. The van der Waals surface area contributed by atoms with E-state index in [0.717, 1.165) is 4.90 Å². The van der Waals surface area contributed by atoms with Gasteiger partial charge in [-0.05, 0) is 36.4 Å². The molecule has 0 aromatic heterocycles. The number of carbonyl (C=O) groups excluding carboxylic acids is 1. The van der Waals surface area contributed by atoms with Crippen molar-refractivity contribution in [1.82, 2.24) is 0 Å². The van der Waals surface area contributed by atoms with Gasteiger partial charge < -0.3 is 19.8 Å². The smallest absolute Gasteiger partial charge is 0.203 e. The van der Waals surface area contributed by atoms with Crippen molar-refractivity contribution < 1.29 is 29.0 Å². The lowest BCUT2D eigenvalue weighted by Crippen LogP contribution is -3.04. The molecule has 2 aromatic carbocycles. The number of hydrogen-bond acceptors (Lipinski definition) is 4. The maximum absolute atomic E-state index is 12.8. The van der Waals surface area contributed by atoms with E-state index in [9.17, 15) is 19.4 Å². The molecule has 0 spiro atoms. The highest BCUT2D eigenvalue weighted by molar-refractivity contribution is 6.00. The zero-order valence-corrected chi connectivity index (χ0v) is 13.0. The Morgan fingerprint density at radius 2 is 1.78 bits per heavy atom. The molecule has 0 atom stereocenters. The molecule has 2 rings (SSSR count). The third-order valence-corrected chi connectivity index (χ3v) is 3.27. The first-order valence-electron chi connectivity index (χ1n) is 7.13. The quantitative estimate of drug-likeness (QED) is 0.698. The summed E-state index contributed by atoms with van der Waals surface area (Å²) in [7, 11) is 3.73. The van der Waals surface area contributed by atoms with Gasteiger partial charge >= 0.3 is 0 Å². The molecule has 0 amide bonds. The summed E-state index contributed by atoms with van der Waals surface area (Å²) in [5.41, 5.74) is 0.402. The van der Waals surface area contributed by atoms with E-state index in [1.54, 1.807) is 0 Å². The highest BCUT2D eigenvalue weighted by atomic mass is 19.1. The van der Waals surface area contributed by atoms with E-state index in [0.29, 0.717) is 17.9 Å². The zero-order chi connectivity index (χ0) is 17.0. The number of halogens is 1. The third kappa shape index (κ3) is 4.20. The topological polar surface area (TPSA) is 71.2 Å². The molecule has 0 radical (unpaired) electrons. The van der Waals surface area contributed by atoms with E-state index in [1.165, 1.54) is 36.4 Å². The van der Waals surface area contributed by atoms with Crippen LogP contribution < -0.4 is 9.64 Å². The van der Waals surface area contributed by atoms with Gasteiger partial charge in [0, 0.05) is 0 Å². The van der Waals surface area contributed by atoms with Crippen LogP contribution in [0.1, 0.15) is 15.9 Å². The lowest BCUT2D eigenvalue weighted by Gasteiger charge is -2.13. The maximum atomic E-state index is 12.8. The second kappa shape index (κ2) is 7.11. The minimum Gasteiger partial charge on any atom is -0.507 e. The van der Waals surface area contributed by atoms with Crippen LogP contribution in [0.5, 0.6) is 17.2 Å². The molecule has 23 heavy (non-hydrogen) atoms. The average Bonchev–Trinajstić information content (AvgIpc) is 2.50. The SMILES string of the molecule is C[NH+](C)Cc1c(O)ccc(C(=O)COc2ccc(F)cc2)c1O. The first-order chi connectivity index (χ1) is 10.9. The van der Waals surface area contributed by atoms with E-state index in [-0.39, 0.29) is 23.7 Å². The number of phenolic OH excluding ortho intramolecular Hbond substituents is 2. The first kappa shape index (κ1) is 16.8. The number of Topliss-reactive ketones (excluding diaryl/α,β-unsaturated/α-hetero) is 1. The summed E-state index contributed by atoms with van der Waals surface area (Å²) in [4.78, 5) is 13.2. The van der Waals surface area contributed by atoms with E-state index in [4.69, 9.17) is 4.74 Å². The van der Waals surface area contributed by atoms with Gasteiger partial charge in [0.1, 0.15) is 29.6 Å². The molecule has 0 aliphatic rings. The van der Waals surface area contributed by atoms with Crippen LogP contribution >= 0.6 is 0 Å². The fraction of sp³-hybridized carbons (Fsp3) is 0.235. The van der Waals surface area contributed by atoms with Gasteiger partial charge in [0.15, 0.2) is 6.61 Å². The van der Waals surface area contributed by atoms with Crippen molar-refractivity contribution in [3.05, 3.63) is 53.3 Å². The normalized spacial score (nSPS) is 10.8. The number of hydrogen-bond donors (Lipinski definition) is 3. The number of rotatable bonds is 6. The van der Waals surface area contributed by atoms with Gasteiger partial charge in [-0.2, -0.15) is 0 Å². The molecule has 0 saturated carbocycles. The van der Waals surface area contributed by atoms with Crippen LogP contribution in [0.4, 0.5) is 4.39 Å². The summed E-state index contributed by atoms with van der Waals surface area (Å²) in [5.74, 6) is -0.757. The summed E-state index contributed by atoms with van der Waals surface area (Å²) >= 11 is 0. The average molecular weight is 320 g/mol. The number of carbonyl (C=O) groups is 1. The third-order valence-electron chi connectivity index (χ3n) is 3.27. The van der Waals surface area contributed by atoms with Gasteiger partial charge in [0.25, 0.3) is 0 Å². The van der Waals surface area contributed by atoms with Crippen molar-refractivity contribution >= 4 is 5.78 Å². The summed E-state index contributed by atoms with van der Waals surface area (Å²) < 4.78 is 18.1. The number of quaternary nitrogens is 1. The van der Waals surface area contributed by atoms with Crippen LogP contribution in [0, 0.1) is 5.82 Å². The van der Waals surface area contributed by atoms with E-state index < -0.39 is 11.6 Å². The number of ether oxygens (including phenoxy) is 1. The molecule has 122 valence electrons. The molecule has 2 aromatic rings. The first-order valence-corrected chi connectivity index (χ1v) is 7.13. The zero-order valence-electron chi connectivity index (χ0n) is 13.0. The highest BCUT2D eigenvalue weighted by Gasteiger charge is 2.19. The minimum absolute atomic E-state index is 0.0558. The lowest BCUT2D eigenvalue weighted by molar-refractivity contribution is -0.872. The standard InChI is InChI=1S/C17H18FNO4/c1-19(2)9-14-15(20)8-7-13(17(14)22)16(21)10-23-12-5-3-11(18)4-6-12/h3-8,20,22H,9-10H2,1-2H3/p+1. The van der Waals surface area contributed by atoms with Crippen molar-refractivity contribution in [2.45, 2.75) is 6.54 Å². The number of benzene rings is 2. The molecule has 0 aliphatic heterocycles. The Morgan fingerprint density at radius 1 is 1.13 bits per heavy atom. The molecule has 0 aliphatic carbocycles. The maximum Gasteiger partial charge on any atom is 0.203 e. The molecule has 0 bridgehead atoms. The largest absolute Gasteiger partial charge is 0.507 e. The lowest BCUT2D eigenvalue weighted by atomic mass is 10.0. The molecular formula is C17H19FNO4+. The Labute approximate surface area is 133 Å². The second-order valence-corrected chi connectivity index (χ2v) is 5.51. The molecule has 5 nitrogen and oxygen atoms in total. The Balaban J connectivity index is 2.14. The van der Waals surface area contributed by atoms with E-state index in [2.05, 4.69) is 0 Å². The van der Waals surface area contributed by atoms with E-state index in [1.807, 2.05) is 14.1 Å². The fourth-order valence-corrected chi connectivity index (χ4v) is 2.14. The van der Waals surface area contributed by atoms with E-state index >= 15 is 0 Å². The van der Waals surface area contributed by atoms with Crippen molar-refractivity contribution in [1.29, 1.82) is 0 Å². The number of ketones is 1. The summed E-state index contributed by atoms with van der Waals surface area (Å²) in [6.07, 6.45) is 0. The summed E-state index contributed by atoms with van der Waals surface area (Å²) in [6, 6.07) is 8.03. The molecule has 0 heterocycles. The Kier molecular flexibility index (Phi) is 5.18. The number of nitrogens with one attached hydrogen (secondary N) is 1. The van der Waals surface area contributed by atoms with Crippen LogP contribution in [-0.4, -0.2) is 36.7 Å². The van der Waals surface area contributed by atoms with Crippen molar-refractivity contribution in [3.63, 3.8) is 0 Å². The highest BCUT2D eigenvalue weighted by Crippen LogP contribution is 2.30. The Morgan fingerprint density at radius 3 is 2.39 bits per heavy atom. The summed E-state index contributed by atoms with van der Waals surface area (Å²) in [5, 5.41) is 20.1. The van der Waals surface area contributed by atoms with Crippen LogP contribution in [0.15, 0.2) is 36.4 Å². The Hall–Kier alpha value is -2.60. The molecule has 0 saturated heterocycles. The van der Waals surface area contributed by atoms with Crippen LogP contribution in [0.2, 0.25) is 0 Å². The van der Waals surface area contributed by atoms with Crippen molar-refractivity contribution in [3.8, 4) is 17.2 Å². The second-order valence-electron chi connectivity index (χ2n) is 5.51. The van der Waals surface area contributed by atoms with Crippen LogP contribution in [-0.2, 0) is 6.54 Å². The predicted octanol–water partition coefficient (Wildman–Crippen LogP) is 1.14. The molecule has 0 unspecified atom stereocenters. The Bertz CT molecular complexity index is 698. The van der Waals surface area contributed by atoms with Gasteiger partial charge in [-0.1, -0.05) is 0 Å². The molecule has 0 fully saturated rings. The molecular weight excluding hydrogens is 301 g/mol. The van der Waals surface area contributed by atoms with Gasteiger partial charge in [-0.25, -0.2) is 4.39 Å². The number of aromatic hydroxyl groups is 2. The van der Waals surface area contributed by atoms with Crippen LogP contribution in [0.3, 0.4) is 0 Å². The van der Waals surface area contributed by atoms with Gasteiger partial charge in [-0.3, -0.25) is 4.79 Å². The summed E-state index contributed by atoms with van der Waals surface area (Å²) in [6.45, 7) is 0.0792. The fourth-order valence-electron chi connectivity index (χ4n) is 2.14. The van der Waals surface area contributed by atoms with Gasteiger partial charge in [0.05, 0.1) is 25.2 Å².